The smallest absolute Gasteiger partial charge is 0.243 e. The molecule has 1 amide bonds. The number of rotatable bonds is 8. The summed E-state index contributed by atoms with van der Waals surface area (Å²) in [5.74, 6) is -0.210. The van der Waals surface area contributed by atoms with Crippen LogP contribution in [0.2, 0.25) is 0 Å². The highest BCUT2D eigenvalue weighted by Gasteiger charge is 2.21. The van der Waals surface area contributed by atoms with Crippen molar-refractivity contribution >= 4 is 38.1 Å². The van der Waals surface area contributed by atoms with Crippen molar-refractivity contribution in [1.29, 1.82) is 0 Å². The molecular weight excluding hydrogens is 386 g/mol. The number of hydrogen-bond donors (Lipinski definition) is 2. The van der Waals surface area contributed by atoms with E-state index in [1.54, 1.807) is 38.1 Å². The minimum absolute atomic E-state index is 0.0258. The fourth-order valence-electron chi connectivity index (χ4n) is 3.19. The van der Waals surface area contributed by atoms with Gasteiger partial charge < -0.3 is 10.6 Å². The second-order valence-electron chi connectivity index (χ2n) is 6.55. The van der Waals surface area contributed by atoms with Gasteiger partial charge in [0.1, 0.15) is 0 Å². The minimum Gasteiger partial charge on any atom is -0.376 e. The highest BCUT2D eigenvalue weighted by Crippen LogP contribution is 2.23. The molecule has 6 nitrogen and oxygen atoms in total. The van der Waals surface area contributed by atoms with Gasteiger partial charge in [-0.05, 0) is 29.7 Å². The van der Waals surface area contributed by atoms with Gasteiger partial charge in [0.25, 0.3) is 0 Å². The average molecular weight is 412 g/mol. The van der Waals surface area contributed by atoms with E-state index >= 15 is 0 Å². The zero-order chi connectivity index (χ0) is 20.9. The van der Waals surface area contributed by atoms with Crippen LogP contribution in [0, 0.1) is 0 Å². The molecule has 3 rings (SSSR count). The molecular formula is C22H25N3O3S. The van der Waals surface area contributed by atoms with Gasteiger partial charge in [-0.3, -0.25) is 4.79 Å². The summed E-state index contributed by atoms with van der Waals surface area (Å²) in [7, 11) is -3.54. The lowest BCUT2D eigenvalue weighted by Crippen LogP contribution is -2.30. The molecule has 7 heteroatoms. The standard InChI is InChI=1S/C22H25N3O3S/c1-3-25(4-2)29(27,28)19-12-8-11-18(15-19)23-16-22(26)24-21-14-7-10-17-9-5-6-13-20(17)21/h5-15,23H,3-4,16H2,1-2H3,(H,24,26). The van der Waals surface area contributed by atoms with Crippen LogP contribution in [-0.4, -0.2) is 38.3 Å². The van der Waals surface area contributed by atoms with E-state index in [4.69, 9.17) is 0 Å². The van der Waals surface area contributed by atoms with Crippen molar-refractivity contribution in [3.63, 3.8) is 0 Å². The first kappa shape index (κ1) is 20.8. The number of carbonyl (C=O) groups excluding carboxylic acids is 1. The van der Waals surface area contributed by atoms with Crippen LogP contribution < -0.4 is 10.6 Å². The fraction of sp³-hybridized carbons (Fsp3) is 0.227. The van der Waals surface area contributed by atoms with Crippen molar-refractivity contribution in [1.82, 2.24) is 4.31 Å². The Labute approximate surface area is 171 Å². The van der Waals surface area contributed by atoms with Gasteiger partial charge >= 0.3 is 0 Å². The molecule has 152 valence electrons. The van der Waals surface area contributed by atoms with Crippen LogP contribution in [0.5, 0.6) is 0 Å². The summed E-state index contributed by atoms with van der Waals surface area (Å²) >= 11 is 0. The normalized spacial score (nSPS) is 11.6. The number of hydrogen-bond acceptors (Lipinski definition) is 4. The number of benzene rings is 3. The van der Waals surface area contributed by atoms with Gasteiger partial charge in [-0.25, -0.2) is 8.42 Å². The van der Waals surface area contributed by atoms with Crippen LogP contribution in [0.15, 0.2) is 71.6 Å². The number of carbonyl (C=O) groups is 1. The molecule has 0 saturated carbocycles. The maximum Gasteiger partial charge on any atom is 0.243 e. The summed E-state index contributed by atoms with van der Waals surface area (Å²) in [4.78, 5) is 12.6. The molecule has 0 fully saturated rings. The van der Waals surface area contributed by atoms with E-state index < -0.39 is 10.0 Å². The number of anilines is 2. The molecule has 3 aromatic carbocycles. The largest absolute Gasteiger partial charge is 0.376 e. The molecule has 0 bridgehead atoms. The zero-order valence-corrected chi connectivity index (χ0v) is 17.4. The molecule has 0 saturated heterocycles. The lowest BCUT2D eigenvalue weighted by molar-refractivity contribution is -0.114. The Morgan fingerprint density at radius 3 is 2.38 bits per heavy atom. The quantitative estimate of drug-likeness (QED) is 0.589. The van der Waals surface area contributed by atoms with Gasteiger partial charge in [-0.1, -0.05) is 56.3 Å². The van der Waals surface area contributed by atoms with Crippen LogP contribution >= 0.6 is 0 Å². The predicted octanol–water partition coefficient (Wildman–Crippen LogP) is 3.92. The summed E-state index contributed by atoms with van der Waals surface area (Å²) in [5.41, 5.74) is 1.32. The Hall–Kier alpha value is -2.90. The maximum absolute atomic E-state index is 12.7. The molecule has 0 unspecified atom stereocenters. The van der Waals surface area contributed by atoms with Gasteiger partial charge in [-0.15, -0.1) is 0 Å². The Morgan fingerprint density at radius 2 is 1.62 bits per heavy atom. The lowest BCUT2D eigenvalue weighted by atomic mass is 10.1. The SMILES string of the molecule is CCN(CC)S(=O)(=O)c1cccc(NCC(=O)Nc2cccc3ccccc23)c1. The Kier molecular flexibility index (Phi) is 6.51. The van der Waals surface area contributed by atoms with Gasteiger partial charge in [0.2, 0.25) is 15.9 Å². The number of nitrogens with zero attached hydrogens (tertiary/aromatic N) is 1. The summed E-state index contributed by atoms with van der Waals surface area (Å²) in [5, 5.41) is 7.93. The third-order valence-corrected chi connectivity index (χ3v) is 6.74. The molecule has 2 N–H and O–H groups in total. The van der Waals surface area contributed by atoms with E-state index in [9.17, 15) is 13.2 Å². The summed E-state index contributed by atoms with van der Waals surface area (Å²) in [6.07, 6.45) is 0. The second-order valence-corrected chi connectivity index (χ2v) is 8.48. The minimum atomic E-state index is -3.54. The van der Waals surface area contributed by atoms with E-state index in [0.29, 0.717) is 18.8 Å². The second kappa shape index (κ2) is 9.07. The summed E-state index contributed by atoms with van der Waals surface area (Å²) in [6, 6.07) is 20.1. The summed E-state index contributed by atoms with van der Waals surface area (Å²) < 4.78 is 26.7. The maximum atomic E-state index is 12.7. The van der Waals surface area contributed by atoms with Crippen LogP contribution in [0.25, 0.3) is 10.8 Å². The van der Waals surface area contributed by atoms with Gasteiger partial charge in [0.15, 0.2) is 0 Å². The van der Waals surface area contributed by atoms with E-state index in [1.807, 2.05) is 42.5 Å². The number of amides is 1. The van der Waals surface area contributed by atoms with Crippen LogP contribution in [0.3, 0.4) is 0 Å². The predicted molar refractivity (Wildman–Crippen MR) is 118 cm³/mol. The molecule has 0 atom stereocenters. The molecule has 0 radical (unpaired) electrons. The third kappa shape index (κ3) is 4.75. The molecule has 0 aliphatic rings. The van der Waals surface area contributed by atoms with Crippen LogP contribution in [0.4, 0.5) is 11.4 Å². The van der Waals surface area contributed by atoms with Crippen molar-refractivity contribution in [2.24, 2.45) is 0 Å². The molecule has 0 aromatic heterocycles. The Morgan fingerprint density at radius 1 is 0.931 bits per heavy atom. The van der Waals surface area contributed by atoms with Crippen molar-refractivity contribution in [2.75, 3.05) is 30.3 Å². The Bertz CT molecular complexity index is 1100. The third-order valence-electron chi connectivity index (χ3n) is 4.69. The summed E-state index contributed by atoms with van der Waals surface area (Å²) in [6.45, 7) is 4.45. The molecule has 0 aliphatic heterocycles. The van der Waals surface area contributed by atoms with Gasteiger partial charge in [0, 0.05) is 29.9 Å². The number of nitrogens with one attached hydrogen (secondary N) is 2. The van der Waals surface area contributed by atoms with Gasteiger partial charge in [-0.2, -0.15) is 4.31 Å². The first-order valence-corrected chi connectivity index (χ1v) is 11.0. The van der Waals surface area contributed by atoms with Crippen molar-refractivity contribution in [3.05, 3.63) is 66.7 Å². The number of fused-ring (bicyclic) bond motifs is 1. The molecule has 3 aromatic rings. The van der Waals surface area contributed by atoms with E-state index in [2.05, 4.69) is 10.6 Å². The van der Waals surface area contributed by atoms with Crippen LogP contribution in [0.1, 0.15) is 13.8 Å². The van der Waals surface area contributed by atoms with Crippen LogP contribution in [-0.2, 0) is 14.8 Å². The molecule has 0 spiro atoms. The fourth-order valence-corrected chi connectivity index (χ4v) is 4.69. The van der Waals surface area contributed by atoms with Crippen molar-refractivity contribution in [3.8, 4) is 0 Å². The van der Waals surface area contributed by atoms with Crippen molar-refractivity contribution < 1.29 is 13.2 Å². The monoisotopic (exact) mass is 411 g/mol. The van der Waals surface area contributed by atoms with E-state index in [-0.39, 0.29) is 17.3 Å². The molecule has 0 heterocycles. The zero-order valence-electron chi connectivity index (χ0n) is 16.6. The Balaban J connectivity index is 1.69. The van der Waals surface area contributed by atoms with E-state index in [1.165, 1.54) is 4.31 Å². The molecule has 0 aliphatic carbocycles. The molecule has 29 heavy (non-hydrogen) atoms. The lowest BCUT2D eigenvalue weighted by Gasteiger charge is -2.19. The average Bonchev–Trinajstić information content (AvgIpc) is 2.73. The highest BCUT2D eigenvalue weighted by molar-refractivity contribution is 7.89. The van der Waals surface area contributed by atoms with Crippen molar-refractivity contribution in [2.45, 2.75) is 18.7 Å². The topological polar surface area (TPSA) is 78.5 Å². The highest BCUT2D eigenvalue weighted by atomic mass is 32.2. The van der Waals surface area contributed by atoms with E-state index in [0.717, 1.165) is 16.5 Å². The first-order chi connectivity index (χ1) is 14.0. The number of sulfonamides is 1. The first-order valence-electron chi connectivity index (χ1n) is 9.57. The van der Waals surface area contributed by atoms with Gasteiger partial charge in [0.05, 0.1) is 11.4 Å².